The quantitative estimate of drug-likeness (QED) is 0.236. The first-order valence-corrected chi connectivity index (χ1v) is 11.6. The number of ketones is 1. The molecule has 1 aromatic heterocycles. The Balaban J connectivity index is 1.83. The Morgan fingerprint density at radius 1 is 1.11 bits per heavy atom. The third-order valence-electron chi connectivity index (χ3n) is 5.77. The number of H-pyrrole nitrogens is 1. The number of aryl methyl sites for hydroxylation is 1. The van der Waals surface area contributed by atoms with Gasteiger partial charge in [0.2, 0.25) is 0 Å². The van der Waals surface area contributed by atoms with E-state index in [-0.39, 0.29) is 24.7 Å². The van der Waals surface area contributed by atoms with Gasteiger partial charge in [0.1, 0.15) is 35.7 Å². The minimum absolute atomic E-state index is 0.0935. The number of hydrogen-bond acceptors (Lipinski definition) is 6. The van der Waals surface area contributed by atoms with Gasteiger partial charge in [-0.2, -0.15) is 0 Å². The molecule has 1 atom stereocenters. The SMILES string of the molecule is COc1cc(NC(C(=O)c2c[nH]c3c(C)cc(Cl)cc23)c2ccc(F)cc2OC)cc(OCCO)c1. The minimum Gasteiger partial charge on any atom is -0.497 e. The van der Waals surface area contributed by atoms with E-state index in [0.717, 1.165) is 11.1 Å². The number of fused-ring (bicyclic) bond motifs is 1. The summed E-state index contributed by atoms with van der Waals surface area (Å²) in [4.78, 5) is 17.2. The van der Waals surface area contributed by atoms with Gasteiger partial charge in [0.05, 0.1) is 20.8 Å². The van der Waals surface area contributed by atoms with Crippen LogP contribution in [0.25, 0.3) is 10.9 Å². The lowest BCUT2D eigenvalue weighted by Gasteiger charge is -2.22. The van der Waals surface area contributed by atoms with Crippen molar-refractivity contribution in [2.75, 3.05) is 32.8 Å². The average molecular weight is 513 g/mol. The van der Waals surface area contributed by atoms with Crippen LogP contribution < -0.4 is 19.5 Å². The number of nitrogens with one attached hydrogen (secondary N) is 2. The number of benzene rings is 3. The predicted octanol–water partition coefficient (Wildman–Crippen LogP) is 5.69. The highest BCUT2D eigenvalue weighted by molar-refractivity contribution is 6.31. The van der Waals surface area contributed by atoms with Gasteiger partial charge < -0.3 is 29.6 Å². The van der Waals surface area contributed by atoms with Crippen molar-refractivity contribution >= 4 is 34.0 Å². The largest absolute Gasteiger partial charge is 0.497 e. The maximum absolute atomic E-state index is 14.0. The van der Waals surface area contributed by atoms with Gasteiger partial charge in [-0.15, -0.1) is 0 Å². The van der Waals surface area contributed by atoms with Crippen LogP contribution in [0.1, 0.15) is 27.5 Å². The fourth-order valence-corrected chi connectivity index (χ4v) is 4.40. The van der Waals surface area contributed by atoms with Crippen LogP contribution in [0.3, 0.4) is 0 Å². The second-order valence-corrected chi connectivity index (χ2v) is 8.58. The van der Waals surface area contributed by atoms with E-state index >= 15 is 0 Å². The number of methoxy groups -OCH3 is 2. The lowest BCUT2D eigenvalue weighted by atomic mass is 9.95. The molecule has 0 amide bonds. The molecule has 0 saturated heterocycles. The van der Waals surface area contributed by atoms with E-state index in [4.69, 9.17) is 30.9 Å². The van der Waals surface area contributed by atoms with Crippen LogP contribution in [-0.2, 0) is 0 Å². The third-order valence-corrected chi connectivity index (χ3v) is 5.99. The van der Waals surface area contributed by atoms with E-state index in [2.05, 4.69) is 10.3 Å². The number of halogens is 2. The van der Waals surface area contributed by atoms with E-state index in [0.29, 0.717) is 38.7 Å². The Kier molecular flexibility index (Phi) is 7.67. The summed E-state index contributed by atoms with van der Waals surface area (Å²) in [6.07, 6.45) is 1.64. The van der Waals surface area contributed by atoms with Gasteiger partial charge in [-0.25, -0.2) is 4.39 Å². The van der Waals surface area contributed by atoms with Crippen LogP contribution in [0.4, 0.5) is 10.1 Å². The van der Waals surface area contributed by atoms with E-state index in [1.807, 2.05) is 13.0 Å². The second kappa shape index (κ2) is 10.9. The summed E-state index contributed by atoms with van der Waals surface area (Å²) >= 11 is 6.29. The molecule has 3 N–H and O–H groups in total. The van der Waals surface area contributed by atoms with Crippen molar-refractivity contribution in [1.82, 2.24) is 4.98 Å². The number of rotatable bonds is 10. The van der Waals surface area contributed by atoms with Gasteiger partial charge in [-0.3, -0.25) is 4.79 Å². The molecule has 4 aromatic rings. The van der Waals surface area contributed by atoms with Crippen LogP contribution in [0, 0.1) is 12.7 Å². The number of hydrogen-bond donors (Lipinski definition) is 3. The van der Waals surface area contributed by atoms with E-state index < -0.39 is 11.9 Å². The summed E-state index contributed by atoms with van der Waals surface area (Å²) in [6.45, 7) is 1.84. The summed E-state index contributed by atoms with van der Waals surface area (Å²) in [5.74, 6) is 0.373. The number of aromatic nitrogens is 1. The van der Waals surface area contributed by atoms with Gasteiger partial charge in [0.15, 0.2) is 5.78 Å². The summed E-state index contributed by atoms with van der Waals surface area (Å²) < 4.78 is 30.4. The Bertz CT molecular complexity index is 1400. The van der Waals surface area contributed by atoms with Crippen molar-refractivity contribution < 1.29 is 28.5 Å². The van der Waals surface area contributed by atoms with Gasteiger partial charge >= 0.3 is 0 Å². The maximum atomic E-state index is 14.0. The molecule has 0 radical (unpaired) electrons. The van der Waals surface area contributed by atoms with Gasteiger partial charge in [0.25, 0.3) is 0 Å². The number of aromatic amines is 1. The number of carbonyl (C=O) groups is 1. The second-order valence-electron chi connectivity index (χ2n) is 8.14. The molecule has 0 fully saturated rings. The van der Waals surface area contributed by atoms with Gasteiger partial charge in [-0.05, 0) is 36.8 Å². The van der Waals surface area contributed by atoms with Gasteiger partial charge in [0, 0.05) is 63.2 Å². The molecule has 36 heavy (non-hydrogen) atoms. The molecule has 9 heteroatoms. The van der Waals surface area contributed by atoms with Crippen LogP contribution >= 0.6 is 11.6 Å². The van der Waals surface area contributed by atoms with Gasteiger partial charge in [-0.1, -0.05) is 11.6 Å². The lowest BCUT2D eigenvalue weighted by Crippen LogP contribution is -2.22. The smallest absolute Gasteiger partial charge is 0.191 e. The van der Waals surface area contributed by atoms with E-state index in [1.54, 1.807) is 30.5 Å². The Labute approximate surface area is 212 Å². The number of aliphatic hydroxyl groups is 1. The van der Waals surface area contributed by atoms with Crippen molar-refractivity contribution in [2.24, 2.45) is 0 Å². The lowest BCUT2D eigenvalue weighted by molar-refractivity contribution is 0.0970. The summed E-state index contributed by atoms with van der Waals surface area (Å²) in [5.41, 5.74) is 3.07. The average Bonchev–Trinajstić information content (AvgIpc) is 3.29. The number of anilines is 1. The summed E-state index contributed by atoms with van der Waals surface area (Å²) in [5, 5.41) is 13.6. The molecule has 0 spiro atoms. The molecule has 0 aliphatic heterocycles. The Morgan fingerprint density at radius 3 is 2.61 bits per heavy atom. The number of ether oxygens (including phenoxy) is 3. The number of aliphatic hydroxyl groups excluding tert-OH is 1. The highest BCUT2D eigenvalue weighted by Gasteiger charge is 2.28. The molecule has 188 valence electrons. The van der Waals surface area contributed by atoms with Crippen molar-refractivity contribution in [3.8, 4) is 17.2 Å². The predicted molar refractivity (Wildman–Crippen MR) is 137 cm³/mol. The fraction of sp³-hybridized carbons (Fsp3) is 0.222. The molecule has 1 unspecified atom stereocenters. The molecule has 1 heterocycles. The zero-order chi connectivity index (χ0) is 25.8. The Hall–Kier alpha value is -3.75. The molecule has 4 rings (SSSR count). The van der Waals surface area contributed by atoms with Crippen molar-refractivity contribution in [3.05, 3.63) is 82.3 Å². The monoisotopic (exact) mass is 512 g/mol. The van der Waals surface area contributed by atoms with E-state index in [1.165, 1.54) is 32.4 Å². The first kappa shape index (κ1) is 25.3. The standard InChI is InChI=1S/C27H26ClFN2O5/c1-15-8-16(28)9-22-23(14-30-25(15)22)27(33)26(21-5-4-17(29)10-24(21)35-3)31-18-11-19(34-2)13-20(12-18)36-7-6-32/h4-5,8-14,26,30-32H,6-7H2,1-3H3. The van der Waals surface area contributed by atoms with Crippen LogP contribution in [0.15, 0.2) is 54.7 Å². The highest BCUT2D eigenvalue weighted by atomic mass is 35.5. The molecule has 0 aliphatic carbocycles. The molecular weight excluding hydrogens is 487 g/mol. The van der Waals surface area contributed by atoms with Crippen molar-refractivity contribution in [3.63, 3.8) is 0 Å². The molecule has 0 aliphatic rings. The van der Waals surface area contributed by atoms with Crippen LogP contribution in [-0.4, -0.2) is 43.3 Å². The Morgan fingerprint density at radius 2 is 1.89 bits per heavy atom. The minimum atomic E-state index is -0.961. The molecule has 7 nitrogen and oxygen atoms in total. The topological polar surface area (TPSA) is 92.8 Å². The first-order chi connectivity index (χ1) is 17.3. The third kappa shape index (κ3) is 5.24. The van der Waals surface area contributed by atoms with Crippen LogP contribution in [0.5, 0.6) is 17.2 Å². The summed E-state index contributed by atoms with van der Waals surface area (Å²) in [7, 11) is 2.93. The number of carbonyl (C=O) groups excluding carboxylic acids is 1. The molecular formula is C27H26ClFN2O5. The maximum Gasteiger partial charge on any atom is 0.191 e. The van der Waals surface area contributed by atoms with Crippen molar-refractivity contribution in [1.29, 1.82) is 0 Å². The van der Waals surface area contributed by atoms with Crippen molar-refractivity contribution in [2.45, 2.75) is 13.0 Å². The zero-order valence-corrected chi connectivity index (χ0v) is 20.8. The first-order valence-electron chi connectivity index (χ1n) is 11.2. The zero-order valence-electron chi connectivity index (χ0n) is 20.0. The normalized spacial score (nSPS) is 11.8. The fourth-order valence-electron chi connectivity index (χ4n) is 4.12. The molecule has 3 aromatic carbocycles. The highest BCUT2D eigenvalue weighted by Crippen LogP contribution is 2.36. The molecule has 0 bridgehead atoms. The summed E-state index contributed by atoms with van der Waals surface area (Å²) in [6, 6.07) is 11.7. The van der Waals surface area contributed by atoms with E-state index in [9.17, 15) is 9.18 Å². The number of Topliss-reactive ketones (excluding diaryl/α,β-unsaturated/α-hetero) is 1. The van der Waals surface area contributed by atoms with Crippen LogP contribution in [0.2, 0.25) is 5.02 Å². The molecule has 0 saturated carbocycles.